The highest BCUT2D eigenvalue weighted by Gasteiger charge is 2.23. The van der Waals surface area contributed by atoms with Gasteiger partial charge < -0.3 is 19.6 Å². The van der Waals surface area contributed by atoms with Crippen molar-refractivity contribution in [2.75, 3.05) is 19.7 Å². The lowest BCUT2D eigenvalue weighted by Crippen LogP contribution is -2.20. The Kier molecular flexibility index (Phi) is 8.64. The highest BCUT2D eigenvalue weighted by atomic mass is 127. The monoisotopic (exact) mass is 619 g/mol. The van der Waals surface area contributed by atoms with Crippen LogP contribution in [0.1, 0.15) is 49.7 Å². The number of rotatable bonds is 10. The van der Waals surface area contributed by atoms with Gasteiger partial charge in [0, 0.05) is 23.9 Å². The molecule has 0 saturated heterocycles. The quantitative estimate of drug-likeness (QED) is 0.214. The van der Waals surface area contributed by atoms with E-state index in [2.05, 4.69) is 64.3 Å². The molecule has 0 amide bonds. The summed E-state index contributed by atoms with van der Waals surface area (Å²) in [7, 11) is 0. The first kappa shape index (κ1) is 22.8. The maximum atomic E-state index is 11.3. The third-order valence-corrected chi connectivity index (χ3v) is 6.46. The number of furan rings is 1. The highest BCUT2D eigenvalue weighted by molar-refractivity contribution is 14.1. The van der Waals surface area contributed by atoms with E-state index in [0.717, 1.165) is 73.1 Å². The molecule has 4 nitrogen and oxygen atoms in total. The molecular formula is C23H27I2NO3. The number of hydrogen-bond donors (Lipinski definition) is 2. The van der Waals surface area contributed by atoms with Crippen LogP contribution in [0.4, 0.5) is 0 Å². The molecule has 1 atom stereocenters. The number of hydrogen-bond acceptors (Lipinski definition) is 4. The largest absolute Gasteiger partial charge is 0.490 e. The minimum atomic E-state index is -0.733. The summed E-state index contributed by atoms with van der Waals surface area (Å²) in [6, 6.07) is 12.0. The van der Waals surface area contributed by atoms with Crippen LogP contribution in [0.5, 0.6) is 5.75 Å². The lowest BCUT2D eigenvalue weighted by atomic mass is 9.97. The molecule has 0 aliphatic rings. The SMILES string of the molecule is CCCCc1oc2ccccc2c1C(O)c1cc(I)c(OCCNCC)c(I)c1. The van der Waals surface area contributed by atoms with Gasteiger partial charge in [0.05, 0.1) is 7.14 Å². The Hall–Kier alpha value is -0.840. The van der Waals surface area contributed by atoms with E-state index >= 15 is 0 Å². The molecule has 6 heteroatoms. The zero-order valence-electron chi connectivity index (χ0n) is 16.8. The first-order valence-corrected chi connectivity index (χ1v) is 12.2. The summed E-state index contributed by atoms with van der Waals surface area (Å²) in [6.07, 6.45) is 2.22. The van der Waals surface area contributed by atoms with Crippen molar-refractivity contribution in [2.45, 2.75) is 39.2 Å². The van der Waals surface area contributed by atoms with Crippen molar-refractivity contribution < 1.29 is 14.3 Å². The van der Waals surface area contributed by atoms with Crippen LogP contribution in [0.3, 0.4) is 0 Å². The summed E-state index contributed by atoms with van der Waals surface area (Å²) in [6.45, 7) is 6.61. The molecule has 3 aromatic rings. The number of halogens is 2. The van der Waals surface area contributed by atoms with E-state index in [0.29, 0.717) is 6.61 Å². The van der Waals surface area contributed by atoms with E-state index in [1.807, 2.05) is 36.4 Å². The van der Waals surface area contributed by atoms with Gasteiger partial charge >= 0.3 is 0 Å². The summed E-state index contributed by atoms with van der Waals surface area (Å²) < 4.78 is 14.1. The number of ether oxygens (including phenoxy) is 1. The van der Waals surface area contributed by atoms with Gasteiger partial charge in [0.2, 0.25) is 0 Å². The van der Waals surface area contributed by atoms with E-state index < -0.39 is 6.10 Å². The first-order chi connectivity index (χ1) is 14.1. The average molecular weight is 619 g/mol. The van der Waals surface area contributed by atoms with Crippen LogP contribution >= 0.6 is 45.2 Å². The maximum absolute atomic E-state index is 11.3. The summed E-state index contributed by atoms with van der Waals surface area (Å²) >= 11 is 4.58. The average Bonchev–Trinajstić information content (AvgIpc) is 3.08. The Morgan fingerprint density at radius 2 is 1.86 bits per heavy atom. The van der Waals surface area contributed by atoms with Crippen LogP contribution in [0.15, 0.2) is 40.8 Å². The van der Waals surface area contributed by atoms with Crippen molar-refractivity contribution in [2.24, 2.45) is 0 Å². The van der Waals surface area contributed by atoms with Crippen LogP contribution < -0.4 is 10.1 Å². The number of benzene rings is 2. The van der Waals surface area contributed by atoms with Crippen molar-refractivity contribution in [1.82, 2.24) is 5.32 Å². The van der Waals surface area contributed by atoms with Gasteiger partial charge in [-0.1, -0.05) is 38.5 Å². The number of para-hydroxylation sites is 1. The maximum Gasteiger partial charge on any atom is 0.146 e. The standard InChI is InChI=1S/C23H27I2NO3/c1-3-5-9-20-21(16-8-6-7-10-19(16)29-20)22(27)15-13-17(24)23(18(25)14-15)28-12-11-26-4-2/h6-8,10,13-14,22,26-27H,3-5,9,11-12H2,1-2H3. The van der Waals surface area contributed by atoms with Crippen LogP contribution in [-0.2, 0) is 6.42 Å². The Morgan fingerprint density at radius 3 is 2.55 bits per heavy atom. The van der Waals surface area contributed by atoms with E-state index in [4.69, 9.17) is 9.15 Å². The molecule has 1 aromatic heterocycles. The Bertz CT molecular complexity index is 931. The molecule has 0 radical (unpaired) electrons. The molecule has 2 N–H and O–H groups in total. The smallest absolute Gasteiger partial charge is 0.146 e. The molecular weight excluding hydrogens is 592 g/mol. The van der Waals surface area contributed by atoms with Crippen LogP contribution in [-0.4, -0.2) is 24.8 Å². The molecule has 0 fully saturated rings. The second-order valence-corrected chi connectivity index (χ2v) is 9.28. The Labute approximate surface area is 199 Å². The minimum Gasteiger partial charge on any atom is -0.490 e. The summed E-state index contributed by atoms with van der Waals surface area (Å²) in [5.74, 6) is 1.76. The van der Waals surface area contributed by atoms with Gasteiger partial charge in [-0.15, -0.1) is 0 Å². The topological polar surface area (TPSA) is 54.6 Å². The normalized spacial score (nSPS) is 12.4. The third-order valence-electron chi connectivity index (χ3n) is 4.85. The van der Waals surface area contributed by atoms with Gasteiger partial charge in [0.25, 0.3) is 0 Å². The van der Waals surface area contributed by atoms with E-state index in [1.165, 1.54) is 0 Å². The van der Waals surface area contributed by atoms with Crippen molar-refractivity contribution in [3.8, 4) is 5.75 Å². The fraction of sp³-hybridized carbons (Fsp3) is 0.391. The third kappa shape index (κ3) is 5.45. The molecule has 0 aliphatic heterocycles. The summed E-state index contributed by atoms with van der Waals surface area (Å²) in [4.78, 5) is 0. The second-order valence-electron chi connectivity index (χ2n) is 6.96. The molecule has 0 bridgehead atoms. The fourth-order valence-electron chi connectivity index (χ4n) is 3.38. The second kappa shape index (κ2) is 11.0. The predicted molar refractivity (Wildman–Crippen MR) is 135 cm³/mol. The molecule has 3 rings (SSSR count). The minimum absolute atomic E-state index is 0.620. The molecule has 0 saturated carbocycles. The molecule has 0 aliphatic carbocycles. The zero-order valence-corrected chi connectivity index (χ0v) is 21.1. The van der Waals surface area contributed by atoms with E-state index in [9.17, 15) is 5.11 Å². The Morgan fingerprint density at radius 1 is 1.14 bits per heavy atom. The number of aliphatic hydroxyl groups excluding tert-OH is 1. The predicted octanol–water partition coefficient (Wildman–Crippen LogP) is 6.05. The van der Waals surface area contributed by atoms with Crippen LogP contribution in [0, 0.1) is 7.14 Å². The zero-order chi connectivity index (χ0) is 20.8. The molecule has 0 spiro atoms. The van der Waals surface area contributed by atoms with E-state index in [-0.39, 0.29) is 0 Å². The van der Waals surface area contributed by atoms with Gasteiger partial charge in [-0.05, 0) is 81.9 Å². The summed E-state index contributed by atoms with van der Waals surface area (Å²) in [5, 5.41) is 15.6. The molecule has 1 unspecified atom stereocenters. The number of nitrogens with one attached hydrogen (secondary N) is 1. The lowest BCUT2D eigenvalue weighted by Gasteiger charge is -2.16. The van der Waals surface area contributed by atoms with Gasteiger partial charge in [-0.25, -0.2) is 0 Å². The number of fused-ring (bicyclic) bond motifs is 1. The molecule has 2 aromatic carbocycles. The summed E-state index contributed by atoms with van der Waals surface area (Å²) in [5.41, 5.74) is 2.59. The van der Waals surface area contributed by atoms with Gasteiger partial charge in [0.1, 0.15) is 29.8 Å². The highest BCUT2D eigenvalue weighted by Crippen LogP contribution is 2.38. The molecule has 29 heavy (non-hydrogen) atoms. The van der Waals surface area contributed by atoms with Crippen LogP contribution in [0.25, 0.3) is 11.0 Å². The van der Waals surface area contributed by atoms with E-state index in [1.54, 1.807) is 0 Å². The van der Waals surface area contributed by atoms with Crippen molar-refractivity contribution in [1.29, 1.82) is 0 Å². The van der Waals surface area contributed by atoms with Crippen molar-refractivity contribution >= 4 is 56.2 Å². The lowest BCUT2D eigenvalue weighted by molar-refractivity contribution is 0.218. The molecule has 156 valence electrons. The van der Waals surface area contributed by atoms with Crippen LogP contribution in [0.2, 0.25) is 0 Å². The van der Waals surface area contributed by atoms with Gasteiger partial charge in [-0.2, -0.15) is 0 Å². The number of aliphatic hydroxyl groups is 1. The molecule has 1 heterocycles. The Balaban J connectivity index is 1.93. The van der Waals surface area contributed by atoms with Gasteiger partial charge in [-0.3, -0.25) is 0 Å². The van der Waals surface area contributed by atoms with Crippen molar-refractivity contribution in [3.05, 3.63) is 60.4 Å². The fourth-order valence-corrected chi connectivity index (χ4v) is 5.51. The number of aryl methyl sites for hydroxylation is 1. The number of likely N-dealkylation sites (N-methyl/N-ethyl adjacent to an activating group) is 1. The van der Waals surface area contributed by atoms with Crippen molar-refractivity contribution in [3.63, 3.8) is 0 Å². The number of unbranched alkanes of at least 4 members (excludes halogenated alkanes) is 1. The first-order valence-electron chi connectivity index (χ1n) is 10.1. The van der Waals surface area contributed by atoms with Gasteiger partial charge in [0.15, 0.2) is 0 Å².